The molecular weight excluding hydrogens is 1070 g/mol. The van der Waals surface area contributed by atoms with Crippen molar-refractivity contribution in [3.05, 3.63) is 178 Å². The zero-order valence-electron chi connectivity index (χ0n) is 48.3. The van der Waals surface area contributed by atoms with E-state index in [4.69, 9.17) is 4.74 Å². The molecule has 6 aromatic rings. The summed E-state index contributed by atoms with van der Waals surface area (Å²) in [6.45, 7) is 15.4. The topological polar surface area (TPSA) is 261 Å². The van der Waals surface area contributed by atoms with Crippen molar-refractivity contribution in [3.63, 3.8) is 0 Å². The number of amides is 8. The largest absolute Gasteiger partial charge is 0.478 e. The van der Waals surface area contributed by atoms with Gasteiger partial charge in [-0.05, 0) is 118 Å². The van der Waals surface area contributed by atoms with Gasteiger partial charge in [0.05, 0.1) is 66.7 Å². The van der Waals surface area contributed by atoms with Crippen molar-refractivity contribution < 1.29 is 57.8 Å². The minimum absolute atomic E-state index is 0.0197. The molecule has 0 fully saturated rings. The van der Waals surface area contributed by atoms with Crippen molar-refractivity contribution in [1.29, 1.82) is 0 Å². The first-order chi connectivity index (χ1) is 39.9. The van der Waals surface area contributed by atoms with Crippen LogP contribution in [-0.4, -0.2) is 109 Å². The normalized spacial score (nSPS) is 14.7. The third kappa shape index (κ3) is 14.7. The van der Waals surface area contributed by atoms with Gasteiger partial charge in [-0.15, -0.1) is 0 Å². The lowest BCUT2D eigenvalue weighted by molar-refractivity contribution is -0.123. The second kappa shape index (κ2) is 27.2. The highest BCUT2D eigenvalue weighted by Crippen LogP contribution is 2.37. The summed E-state index contributed by atoms with van der Waals surface area (Å²) in [5.74, 6) is -4.65. The Hall–Kier alpha value is -9.98. The van der Waals surface area contributed by atoms with Gasteiger partial charge in [-0.2, -0.15) is 0 Å². The first-order valence-corrected chi connectivity index (χ1v) is 27.4. The molecule has 2 atom stereocenters. The Morgan fingerprint density at radius 1 is 0.524 bits per heavy atom. The van der Waals surface area contributed by atoms with Gasteiger partial charge in [0, 0.05) is 34.3 Å². The van der Waals surface area contributed by atoms with Gasteiger partial charge in [0.15, 0.2) is 11.6 Å². The number of anilines is 6. The molecule has 436 valence electrons. The molecule has 0 aliphatic carbocycles. The molecule has 20 heteroatoms. The Bertz CT molecular complexity index is 3560. The number of ether oxygens (including phenoxy) is 1. The number of carboxylic acid groups (broad SMARTS) is 1. The molecular formula is C64H68N8O12. The molecule has 2 aliphatic heterocycles. The lowest BCUT2D eigenvalue weighted by Crippen LogP contribution is -2.54. The van der Waals surface area contributed by atoms with Gasteiger partial charge in [0.1, 0.15) is 12.1 Å². The molecule has 0 saturated heterocycles. The monoisotopic (exact) mass is 1140 g/mol. The average molecular weight is 1140 g/mol. The number of aryl methyl sites for hydroxylation is 4. The second-order valence-electron chi connectivity index (χ2n) is 21.0. The SMILES string of the molecule is CCOC(=O)c1cccc(NC(=O)NC2CN(C(=O)C(C)C)c3ccc(C)cc3N(CC(=O)c3ccccc3C)C2=O)c1.Cc1ccc2c(c1)N(CC(=O)c1ccccc1C)C(=O)C(NC(=O)Nc1cccc(C(=O)O)c1)CN2C(=O)C(C)C. The highest BCUT2D eigenvalue weighted by atomic mass is 16.5. The molecule has 6 aromatic carbocycles. The van der Waals surface area contributed by atoms with Crippen LogP contribution in [0.1, 0.15) is 98.3 Å². The Morgan fingerprint density at radius 2 is 0.929 bits per heavy atom. The minimum atomic E-state index is -1.21. The number of Topliss-reactive ketones (excluding diaryl/α,β-unsaturated/α-hetero) is 2. The van der Waals surface area contributed by atoms with Crippen molar-refractivity contribution in [2.24, 2.45) is 11.8 Å². The highest BCUT2D eigenvalue weighted by Gasteiger charge is 2.40. The molecule has 84 heavy (non-hydrogen) atoms. The maximum Gasteiger partial charge on any atom is 0.338 e. The third-order valence-corrected chi connectivity index (χ3v) is 13.9. The summed E-state index contributed by atoms with van der Waals surface area (Å²) in [6.07, 6.45) is 0. The Morgan fingerprint density at radius 3 is 1.32 bits per heavy atom. The number of rotatable bonds is 15. The molecule has 2 heterocycles. The number of hydrogen-bond donors (Lipinski definition) is 5. The number of hydrogen-bond acceptors (Lipinski definition) is 11. The summed E-state index contributed by atoms with van der Waals surface area (Å²) in [5, 5.41) is 19.8. The van der Waals surface area contributed by atoms with Crippen molar-refractivity contribution in [2.75, 3.05) is 63.0 Å². The first-order valence-electron chi connectivity index (χ1n) is 27.4. The van der Waals surface area contributed by atoms with E-state index in [9.17, 15) is 53.1 Å². The van der Waals surface area contributed by atoms with Crippen molar-refractivity contribution in [3.8, 4) is 0 Å². The number of esters is 1. The predicted octanol–water partition coefficient (Wildman–Crippen LogP) is 9.30. The van der Waals surface area contributed by atoms with E-state index in [1.165, 1.54) is 49.9 Å². The molecule has 20 nitrogen and oxygen atoms in total. The second-order valence-corrected chi connectivity index (χ2v) is 21.0. The van der Waals surface area contributed by atoms with E-state index in [1.807, 2.05) is 64.1 Å². The number of ketones is 2. The lowest BCUT2D eigenvalue weighted by atomic mass is 10.0. The predicted molar refractivity (Wildman–Crippen MR) is 320 cm³/mol. The fraction of sp³-hybridized carbons (Fsp3) is 0.281. The van der Waals surface area contributed by atoms with E-state index in [-0.39, 0.29) is 73.0 Å². The molecule has 8 amide bonds. The van der Waals surface area contributed by atoms with Crippen LogP contribution < -0.4 is 40.9 Å². The average Bonchev–Trinajstić information content (AvgIpc) is 2.44. The standard InChI is InChI=1S/C33H36N4O6.C31H32N4O6/c1-6-43-32(41)23-11-9-12-24(17-23)34-33(42)35-26-18-36(30(39)20(2)3)27-15-14-21(4)16-28(27)37(31(26)40)19-29(38)25-13-8-7-10-22(25)5;1-18(2)28(37)34-16-24(33-31(41)32-22-10-7-9-21(15-22)30(39)40)29(38)35(26-14-19(3)12-13-25(26)34)17-27(36)23-11-6-5-8-20(23)4/h7-17,20,26H,6,18-19H2,1-5H3,(H2,34,35,42);5-15,18,24H,16-17H2,1-4H3,(H,39,40)(H2,32,33,41). The van der Waals surface area contributed by atoms with E-state index in [0.717, 1.165) is 22.3 Å². The van der Waals surface area contributed by atoms with Gasteiger partial charge >= 0.3 is 24.0 Å². The third-order valence-electron chi connectivity index (χ3n) is 13.9. The van der Waals surface area contributed by atoms with Gasteiger partial charge in [-0.3, -0.25) is 28.8 Å². The van der Waals surface area contributed by atoms with Gasteiger partial charge in [0.25, 0.3) is 11.8 Å². The Kier molecular flexibility index (Phi) is 20.0. The molecule has 2 unspecified atom stereocenters. The summed E-state index contributed by atoms with van der Waals surface area (Å²) in [4.78, 5) is 137. The van der Waals surface area contributed by atoms with Crippen LogP contribution in [0, 0.1) is 39.5 Å². The number of nitrogens with one attached hydrogen (secondary N) is 4. The Labute approximate surface area is 487 Å². The number of fused-ring (bicyclic) bond motifs is 2. The van der Waals surface area contributed by atoms with Gasteiger partial charge in [-0.1, -0.05) is 100 Å². The molecule has 0 bridgehead atoms. The summed E-state index contributed by atoms with van der Waals surface area (Å²) < 4.78 is 5.03. The van der Waals surface area contributed by atoms with Crippen molar-refractivity contribution in [1.82, 2.24) is 10.6 Å². The zero-order chi connectivity index (χ0) is 61.1. The fourth-order valence-electron chi connectivity index (χ4n) is 9.62. The zero-order valence-corrected chi connectivity index (χ0v) is 48.3. The lowest BCUT2D eigenvalue weighted by Gasteiger charge is -2.27. The van der Waals surface area contributed by atoms with Crippen molar-refractivity contribution in [2.45, 2.75) is 74.4 Å². The molecule has 0 saturated carbocycles. The van der Waals surface area contributed by atoms with E-state index >= 15 is 0 Å². The van der Waals surface area contributed by atoms with E-state index in [2.05, 4.69) is 21.3 Å². The molecule has 2 aliphatic rings. The summed E-state index contributed by atoms with van der Waals surface area (Å²) in [5.41, 5.74) is 6.63. The van der Waals surface area contributed by atoms with Crippen LogP contribution >= 0.6 is 0 Å². The number of carboxylic acids is 1. The van der Waals surface area contributed by atoms with E-state index in [1.54, 1.807) is 101 Å². The van der Waals surface area contributed by atoms with Crippen LogP contribution in [0.4, 0.5) is 43.7 Å². The van der Waals surface area contributed by atoms with Crippen LogP contribution in [0.2, 0.25) is 0 Å². The summed E-state index contributed by atoms with van der Waals surface area (Å²) >= 11 is 0. The number of aromatic carboxylic acids is 1. The molecule has 0 radical (unpaired) electrons. The van der Waals surface area contributed by atoms with Crippen LogP contribution in [-0.2, 0) is 23.9 Å². The molecule has 8 rings (SSSR count). The number of urea groups is 2. The number of carbonyl (C=O) groups excluding carboxylic acids is 9. The van der Waals surface area contributed by atoms with E-state index < -0.39 is 59.7 Å². The quantitative estimate of drug-likeness (QED) is 0.0476. The van der Waals surface area contributed by atoms with Gasteiger partial charge in [0.2, 0.25) is 11.8 Å². The number of nitrogens with zero attached hydrogens (tertiary/aromatic N) is 4. The smallest absolute Gasteiger partial charge is 0.338 e. The molecule has 5 N–H and O–H groups in total. The molecule has 0 spiro atoms. The van der Waals surface area contributed by atoms with Crippen LogP contribution in [0.5, 0.6) is 0 Å². The van der Waals surface area contributed by atoms with Crippen LogP contribution in [0.15, 0.2) is 133 Å². The van der Waals surface area contributed by atoms with Crippen LogP contribution in [0.25, 0.3) is 0 Å². The van der Waals surface area contributed by atoms with Gasteiger partial charge < -0.3 is 50.7 Å². The van der Waals surface area contributed by atoms with Crippen LogP contribution in [0.3, 0.4) is 0 Å². The maximum atomic E-state index is 14.1. The maximum absolute atomic E-state index is 14.1. The minimum Gasteiger partial charge on any atom is -0.478 e. The van der Waals surface area contributed by atoms with Gasteiger partial charge in [-0.25, -0.2) is 19.2 Å². The fourth-order valence-corrected chi connectivity index (χ4v) is 9.62. The van der Waals surface area contributed by atoms with Crippen molar-refractivity contribution >= 4 is 93.3 Å². The summed E-state index contributed by atoms with van der Waals surface area (Å²) in [6, 6.07) is 32.9. The number of benzene rings is 6. The summed E-state index contributed by atoms with van der Waals surface area (Å²) in [7, 11) is 0. The van der Waals surface area contributed by atoms with E-state index in [0.29, 0.717) is 39.6 Å². The first kappa shape index (κ1) is 61.6. The highest BCUT2D eigenvalue weighted by molar-refractivity contribution is 6.15. The molecule has 0 aromatic heterocycles. The number of carbonyl (C=O) groups is 10. The Balaban J connectivity index is 0.000000241.